The fourth-order valence-corrected chi connectivity index (χ4v) is 4.90. The van der Waals surface area contributed by atoms with E-state index in [9.17, 15) is 9.59 Å². The van der Waals surface area contributed by atoms with E-state index < -0.39 is 11.9 Å². The number of carbonyl (C=O) groups excluding carboxylic acids is 2. The van der Waals surface area contributed by atoms with Crippen LogP contribution in [0.25, 0.3) is 0 Å². The molecule has 0 saturated carbocycles. The molecular weight excluding hydrogens is 446 g/mol. The average molecular weight is 468 g/mol. The molecule has 1 saturated heterocycles. The van der Waals surface area contributed by atoms with Gasteiger partial charge in [-0.1, -0.05) is 17.7 Å². The Hall–Kier alpha value is -2.36. The molecule has 0 atom stereocenters. The first-order chi connectivity index (χ1) is 14.3. The third kappa shape index (κ3) is 4.69. The third-order valence-corrected chi connectivity index (χ3v) is 6.65. The highest BCUT2D eigenvalue weighted by Gasteiger charge is 2.27. The summed E-state index contributed by atoms with van der Waals surface area (Å²) in [6, 6.07) is 7.76. The van der Waals surface area contributed by atoms with Gasteiger partial charge >= 0.3 is 11.9 Å². The monoisotopic (exact) mass is 467 g/mol. The maximum atomic E-state index is 12.3. The maximum absolute atomic E-state index is 12.3. The second kappa shape index (κ2) is 9.63. The van der Waals surface area contributed by atoms with E-state index in [4.69, 9.17) is 33.3 Å². The van der Waals surface area contributed by atoms with Crippen molar-refractivity contribution in [3.8, 4) is 0 Å². The molecule has 0 amide bonds. The van der Waals surface area contributed by atoms with Crippen LogP contribution in [0.3, 0.4) is 0 Å². The Morgan fingerprint density at radius 3 is 2.40 bits per heavy atom. The lowest BCUT2D eigenvalue weighted by Gasteiger charge is -2.37. The lowest BCUT2D eigenvalue weighted by atomic mass is 10.1. The molecule has 1 fully saturated rings. The molecule has 0 bridgehead atoms. The smallest absolute Gasteiger partial charge is 0.348 e. The fraction of sp³-hybridized carbons (Fsp3) is 0.350. The lowest BCUT2D eigenvalue weighted by molar-refractivity contribution is 0.0601. The van der Waals surface area contributed by atoms with E-state index >= 15 is 0 Å². The van der Waals surface area contributed by atoms with Crippen LogP contribution < -0.4 is 10.2 Å². The number of methoxy groups -OCH3 is 2. The normalized spacial score (nSPS) is 13.7. The summed E-state index contributed by atoms with van der Waals surface area (Å²) in [5.41, 5.74) is 1.88. The van der Waals surface area contributed by atoms with Crippen LogP contribution >= 0.6 is 35.2 Å². The molecule has 1 N–H and O–H groups in total. The highest BCUT2D eigenvalue weighted by Crippen LogP contribution is 2.34. The summed E-state index contributed by atoms with van der Waals surface area (Å²) >= 11 is 12.8. The van der Waals surface area contributed by atoms with Crippen LogP contribution in [0.4, 0.5) is 10.7 Å². The zero-order chi connectivity index (χ0) is 21.8. The largest absolute Gasteiger partial charge is 0.465 e. The van der Waals surface area contributed by atoms with Crippen LogP contribution in [0.1, 0.15) is 25.6 Å². The SMILES string of the molecule is COC(=O)c1sc(NC(=S)N2CCN(c3cccc(Cl)c3)CC2)c(C(=O)OC)c1C. The topological polar surface area (TPSA) is 71.1 Å². The van der Waals surface area contributed by atoms with Gasteiger partial charge in [0.05, 0.1) is 19.8 Å². The van der Waals surface area contributed by atoms with Crippen molar-refractivity contribution in [2.45, 2.75) is 6.92 Å². The minimum atomic E-state index is -0.532. The van der Waals surface area contributed by atoms with Gasteiger partial charge in [0.15, 0.2) is 5.11 Å². The van der Waals surface area contributed by atoms with Crippen molar-refractivity contribution < 1.29 is 19.1 Å². The fourth-order valence-electron chi connectivity index (χ4n) is 3.25. The molecule has 0 unspecified atom stereocenters. The Kier molecular flexibility index (Phi) is 7.17. The van der Waals surface area contributed by atoms with Gasteiger partial charge in [-0.2, -0.15) is 0 Å². The van der Waals surface area contributed by atoms with Crippen molar-refractivity contribution in [3.05, 3.63) is 45.3 Å². The van der Waals surface area contributed by atoms with Gasteiger partial charge in [-0.05, 0) is 42.9 Å². The van der Waals surface area contributed by atoms with Gasteiger partial charge < -0.3 is 24.6 Å². The summed E-state index contributed by atoms with van der Waals surface area (Å²) in [6.45, 7) is 4.67. The molecule has 1 aliphatic rings. The number of thiocarbonyl (C=S) groups is 1. The number of thiophene rings is 1. The molecule has 2 heterocycles. The van der Waals surface area contributed by atoms with Gasteiger partial charge in [0.1, 0.15) is 9.88 Å². The Morgan fingerprint density at radius 1 is 1.13 bits per heavy atom. The first-order valence-electron chi connectivity index (χ1n) is 9.22. The minimum absolute atomic E-state index is 0.294. The molecule has 1 aliphatic heterocycles. The molecule has 0 radical (unpaired) electrons. The third-order valence-electron chi connectivity index (χ3n) is 4.87. The zero-order valence-electron chi connectivity index (χ0n) is 16.9. The van der Waals surface area contributed by atoms with Gasteiger partial charge in [0.2, 0.25) is 0 Å². The maximum Gasteiger partial charge on any atom is 0.348 e. The minimum Gasteiger partial charge on any atom is -0.465 e. The zero-order valence-corrected chi connectivity index (χ0v) is 19.2. The number of hydrogen-bond acceptors (Lipinski definition) is 7. The number of benzene rings is 1. The Morgan fingerprint density at radius 2 is 1.80 bits per heavy atom. The molecule has 10 heteroatoms. The number of nitrogens with zero attached hydrogens (tertiary/aromatic N) is 2. The number of anilines is 2. The predicted octanol–water partition coefficient (Wildman–Crippen LogP) is 3.80. The number of rotatable bonds is 4. The highest BCUT2D eigenvalue weighted by atomic mass is 35.5. The number of nitrogens with one attached hydrogen (secondary N) is 1. The number of esters is 2. The van der Waals surface area contributed by atoms with E-state index in [-0.39, 0.29) is 0 Å². The van der Waals surface area contributed by atoms with E-state index in [0.717, 1.165) is 30.1 Å². The number of piperazine rings is 1. The van der Waals surface area contributed by atoms with Crippen LogP contribution in [0.2, 0.25) is 5.02 Å². The van der Waals surface area contributed by atoms with Crippen molar-refractivity contribution >= 4 is 62.9 Å². The molecule has 7 nitrogen and oxygen atoms in total. The quantitative estimate of drug-likeness (QED) is 0.537. The van der Waals surface area contributed by atoms with Gasteiger partial charge in [0, 0.05) is 36.9 Å². The van der Waals surface area contributed by atoms with E-state index in [0.29, 0.717) is 44.2 Å². The lowest BCUT2D eigenvalue weighted by Crippen LogP contribution is -2.50. The molecule has 0 aliphatic carbocycles. The van der Waals surface area contributed by atoms with Crippen molar-refractivity contribution in [2.24, 2.45) is 0 Å². The summed E-state index contributed by atoms with van der Waals surface area (Å²) in [4.78, 5) is 28.9. The summed E-state index contributed by atoms with van der Waals surface area (Å²) in [6.07, 6.45) is 0. The van der Waals surface area contributed by atoms with E-state index in [1.807, 2.05) is 29.2 Å². The second-order valence-corrected chi connectivity index (χ2v) is 8.47. The second-order valence-electron chi connectivity index (χ2n) is 6.63. The predicted molar refractivity (Wildman–Crippen MR) is 123 cm³/mol. The van der Waals surface area contributed by atoms with Crippen LogP contribution in [0.5, 0.6) is 0 Å². The molecular formula is C20H22ClN3O4S2. The average Bonchev–Trinajstić information content (AvgIpc) is 3.08. The van der Waals surface area contributed by atoms with Crippen molar-refractivity contribution in [3.63, 3.8) is 0 Å². The number of halogens is 1. The number of ether oxygens (including phenoxy) is 2. The molecule has 160 valence electrons. The molecule has 1 aromatic carbocycles. The summed E-state index contributed by atoms with van der Waals surface area (Å²) in [7, 11) is 2.60. The van der Waals surface area contributed by atoms with Gasteiger partial charge in [0.25, 0.3) is 0 Å². The summed E-state index contributed by atoms with van der Waals surface area (Å²) in [5, 5.41) is 4.80. The molecule has 1 aromatic heterocycles. The van der Waals surface area contributed by atoms with Crippen LogP contribution in [-0.4, -0.2) is 62.3 Å². The van der Waals surface area contributed by atoms with Crippen LogP contribution in [0.15, 0.2) is 24.3 Å². The van der Waals surface area contributed by atoms with E-state index in [2.05, 4.69) is 10.2 Å². The van der Waals surface area contributed by atoms with Crippen LogP contribution in [0, 0.1) is 6.92 Å². The van der Waals surface area contributed by atoms with Gasteiger partial charge in [-0.15, -0.1) is 11.3 Å². The van der Waals surface area contributed by atoms with Crippen molar-refractivity contribution in [2.75, 3.05) is 50.6 Å². The highest BCUT2D eigenvalue weighted by molar-refractivity contribution is 7.80. The Bertz CT molecular complexity index is 971. The number of hydrogen-bond donors (Lipinski definition) is 1. The summed E-state index contributed by atoms with van der Waals surface area (Å²) < 4.78 is 9.70. The Balaban J connectivity index is 1.72. The molecule has 2 aromatic rings. The standard InChI is InChI=1S/C20H22ClN3O4S2/c1-12-15(18(25)27-2)17(30-16(12)19(26)28-3)22-20(29)24-9-7-23(8-10-24)14-6-4-5-13(21)11-14/h4-6,11H,7-10H2,1-3H3,(H,22,29). The number of carbonyl (C=O) groups is 2. The van der Waals surface area contributed by atoms with Gasteiger partial charge in [-0.25, -0.2) is 9.59 Å². The first-order valence-corrected chi connectivity index (χ1v) is 10.8. The first kappa shape index (κ1) is 22.3. The van der Waals surface area contributed by atoms with Crippen LogP contribution in [-0.2, 0) is 9.47 Å². The van der Waals surface area contributed by atoms with Crippen molar-refractivity contribution in [1.29, 1.82) is 0 Å². The molecule has 30 heavy (non-hydrogen) atoms. The van der Waals surface area contributed by atoms with Gasteiger partial charge in [-0.3, -0.25) is 0 Å². The molecule has 0 spiro atoms. The summed E-state index contributed by atoms with van der Waals surface area (Å²) in [5.74, 6) is -1.04. The van der Waals surface area contributed by atoms with Crippen molar-refractivity contribution in [1.82, 2.24) is 4.90 Å². The van der Waals surface area contributed by atoms with E-state index in [1.54, 1.807) is 6.92 Å². The van der Waals surface area contributed by atoms with E-state index in [1.165, 1.54) is 14.2 Å². The Labute approximate surface area is 189 Å². The molecule has 3 rings (SSSR count).